The van der Waals surface area contributed by atoms with E-state index in [1.807, 2.05) is 121 Å². The number of aromatic nitrogens is 8. The van der Waals surface area contributed by atoms with Crippen molar-refractivity contribution in [1.82, 2.24) is 39.0 Å². The van der Waals surface area contributed by atoms with Crippen LogP contribution in [-0.2, 0) is 0 Å². The maximum atomic E-state index is 5.15. The second kappa shape index (κ2) is 16.2. The monoisotopic (exact) mass is 870 g/mol. The molecule has 9 aromatic carbocycles. The van der Waals surface area contributed by atoms with Crippen molar-refractivity contribution in [2.24, 2.45) is 0 Å². The molecule has 0 bridgehead atoms. The van der Waals surface area contributed by atoms with Gasteiger partial charge in [0.2, 0.25) is 5.95 Å². The summed E-state index contributed by atoms with van der Waals surface area (Å²) in [6.45, 7) is 0. The average Bonchev–Trinajstić information content (AvgIpc) is 3.94. The van der Waals surface area contributed by atoms with Gasteiger partial charge in [-0.05, 0) is 53.6 Å². The van der Waals surface area contributed by atoms with Crippen molar-refractivity contribution < 1.29 is 0 Å². The third-order valence-electron chi connectivity index (χ3n) is 12.6. The maximum Gasteiger partial charge on any atom is 0.238 e. The summed E-state index contributed by atoms with van der Waals surface area (Å²) in [6.07, 6.45) is 0. The van der Waals surface area contributed by atoms with Crippen LogP contribution < -0.4 is 0 Å². The van der Waals surface area contributed by atoms with Gasteiger partial charge in [0.25, 0.3) is 0 Å². The lowest BCUT2D eigenvalue weighted by Crippen LogP contribution is -2.06. The molecule has 0 unspecified atom stereocenters. The van der Waals surface area contributed by atoms with Crippen LogP contribution >= 0.6 is 0 Å². The first-order valence-corrected chi connectivity index (χ1v) is 22.6. The highest BCUT2D eigenvalue weighted by atomic mass is 15.2. The summed E-state index contributed by atoms with van der Waals surface area (Å²) in [4.78, 5) is 30.3. The standard InChI is InChI=1S/C60H38N8/c1-5-19-39(20-6-1)55-61-56(40-21-7-2-8-22-40)63-59(62-55)44-27-17-28-45(37-44)67-51-33-16-14-30-48(51)54-46(31-18-34-53(54)67)43-35-36-52-49(38-43)47-29-13-15-32-50(47)68(52)60-65-57(41-23-9-3-10-24-41)64-58(66-60)42-25-11-4-12-26-42/h1-38H. The van der Waals surface area contributed by atoms with Crippen LogP contribution in [0.3, 0.4) is 0 Å². The lowest BCUT2D eigenvalue weighted by molar-refractivity contribution is 0.953. The molecule has 0 amide bonds. The smallest absolute Gasteiger partial charge is 0.238 e. The van der Waals surface area contributed by atoms with Crippen LogP contribution in [-0.4, -0.2) is 39.0 Å². The minimum atomic E-state index is 0.564. The molecule has 8 heteroatoms. The highest BCUT2D eigenvalue weighted by Crippen LogP contribution is 2.41. The van der Waals surface area contributed by atoms with E-state index < -0.39 is 0 Å². The highest BCUT2D eigenvalue weighted by molar-refractivity contribution is 6.17. The summed E-state index contributed by atoms with van der Waals surface area (Å²) < 4.78 is 4.53. The van der Waals surface area contributed by atoms with Gasteiger partial charge in [-0.2, -0.15) is 9.97 Å². The van der Waals surface area contributed by atoms with Crippen LogP contribution in [0.5, 0.6) is 0 Å². The van der Waals surface area contributed by atoms with E-state index in [9.17, 15) is 0 Å². The number of nitrogens with zero attached hydrogens (tertiary/aromatic N) is 8. The van der Waals surface area contributed by atoms with Gasteiger partial charge < -0.3 is 4.57 Å². The Balaban J connectivity index is 0.968. The topological polar surface area (TPSA) is 87.2 Å². The molecule has 0 N–H and O–H groups in total. The molecule has 0 aliphatic rings. The van der Waals surface area contributed by atoms with Gasteiger partial charge in [0.1, 0.15) is 0 Å². The molecule has 0 radical (unpaired) electrons. The minimum Gasteiger partial charge on any atom is -0.309 e. The lowest BCUT2D eigenvalue weighted by atomic mass is 9.98. The molecular formula is C60H38N8. The zero-order chi connectivity index (χ0) is 45.0. The van der Waals surface area contributed by atoms with Gasteiger partial charge in [-0.25, -0.2) is 19.9 Å². The van der Waals surface area contributed by atoms with Crippen LogP contribution in [0, 0.1) is 0 Å². The van der Waals surface area contributed by atoms with Crippen molar-refractivity contribution >= 4 is 43.6 Å². The second-order valence-corrected chi connectivity index (χ2v) is 16.7. The molecule has 0 aliphatic heterocycles. The van der Waals surface area contributed by atoms with E-state index in [-0.39, 0.29) is 0 Å². The van der Waals surface area contributed by atoms with Crippen molar-refractivity contribution in [3.8, 4) is 79.7 Å². The Bertz CT molecular complexity index is 3900. The third kappa shape index (κ3) is 6.70. The van der Waals surface area contributed by atoms with Crippen molar-refractivity contribution in [2.45, 2.75) is 0 Å². The Morgan fingerprint density at radius 1 is 0.250 bits per heavy atom. The number of para-hydroxylation sites is 2. The Labute approximate surface area is 391 Å². The Morgan fingerprint density at radius 3 is 1.25 bits per heavy atom. The van der Waals surface area contributed by atoms with Gasteiger partial charge in [0.05, 0.1) is 22.1 Å². The van der Waals surface area contributed by atoms with Crippen molar-refractivity contribution in [3.05, 3.63) is 231 Å². The summed E-state index contributed by atoms with van der Waals surface area (Å²) in [5.41, 5.74) is 12.1. The summed E-state index contributed by atoms with van der Waals surface area (Å²) in [5.74, 6) is 3.67. The summed E-state index contributed by atoms with van der Waals surface area (Å²) in [6, 6.07) is 79.5. The fourth-order valence-electron chi connectivity index (χ4n) is 9.51. The molecule has 0 aliphatic carbocycles. The average molecular weight is 871 g/mol. The Morgan fingerprint density at radius 2 is 0.676 bits per heavy atom. The number of hydrogen-bond acceptors (Lipinski definition) is 6. The molecule has 4 heterocycles. The molecule has 13 rings (SSSR count). The quantitative estimate of drug-likeness (QED) is 0.151. The van der Waals surface area contributed by atoms with Crippen molar-refractivity contribution in [2.75, 3.05) is 0 Å². The molecule has 318 valence electrons. The maximum absolute atomic E-state index is 5.15. The fraction of sp³-hybridized carbons (Fsp3) is 0. The number of rotatable bonds is 8. The largest absolute Gasteiger partial charge is 0.309 e. The zero-order valence-corrected chi connectivity index (χ0v) is 36.5. The number of hydrogen-bond donors (Lipinski definition) is 0. The molecular weight excluding hydrogens is 833 g/mol. The fourth-order valence-corrected chi connectivity index (χ4v) is 9.51. The zero-order valence-electron chi connectivity index (χ0n) is 36.5. The van der Waals surface area contributed by atoms with Crippen LogP contribution in [0.2, 0.25) is 0 Å². The van der Waals surface area contributed by atoms with Crippen LogP contribution in [0.25, 0.3) is 123 Å². The first kappa shape index (κ1) is 39.0. The van der Waals surface area contributed by atoms with Gasteiger partial charge >= 0.3 is 0 Å². The van der Waals surface area contributed by atoms with E-state index in [2.05, 4.69) is 118 Å². The minimum absolute atomic E-state index is 0.564. The summed E-state index contributed by atoms with van der Waals surface area (Å²) in [7, 11) is 0. The summed E-state index contributed by atoms with van der Waals surface area (Å²) >= 11 is 0. The van der Waals surface area contributed by atoms with E-state index in [0.29, 0.717) is 35.1 Å². The molecule has 0 spiro atoms. The molecule has 4 aromatic heterocycles. The van der Waals surface area contributed by atoms with E-state index >= 15 is 0 Å². The van der Waals surface area contributed by atoms with Crippen LogP contribution in [0.1, 0.15) is 0 Å². The second-order valence-electron chi connectivity index (χ2n) is 16.7. The van der Waals surface area contributed by atoms with E-state index in [1.165, 1.54) is 5.39 Å². The number of fused-ring (bicyclic) bond motifs is 6. The van der Waals surface area contributed by atoms with Crippen LogP contribution in [0.15, 0.2) is 231 Å². The predicted octanol–water partition coefficient (Wildman–Crippen LogP) is 14.3. The van der Waals surface area contributed by atoms with E-state index in [1.54, 1.807) is 0 Å². The number of benzene rings is 9. The third-order valence-corrected chi connectivity index (χ3v) is 12.6. The first-order chi connectivity index (χ1) is 33.7. The van der Waals surface area contributed by atoms with Crippen molar-refractivity contribution in [1.29, 1.82) is 0 Å². The summed E-state index contributed by atoms with van der Waals surface area (Å²) in [5, 5.41) is 4.56. The van der Waals surface area contributed by atoms with Crippen LogP contribution in [0.4, 0.5) is 0 Å². The molecule has 0 saturated heterocycles. The molecule has 0 fully saturated rings. The lowest BCUT2D eigenvalue weighted by Gasteiger charge is -2.12. The first-order valence-electron chi connectivity index (χ1n) is 22.6. The molecule has 0 atom stereocenters. The van der Waals surface area contributed by atoms with Gasteiger partial charge in [-0.1, -0.05) is 188 Å². The van der Waals surface area contributed by atoms with Gasteiger partial charge in [-0.15, -0.1) is 0 Å². The van der Waals surface area contributed by atoms with E-state index in [4.69, 9.17) is 29.9 Å². The molecule has 8 nitrogen and oxygen atoms in total. The SMILES string of the molecule is c1ccc(-c2nc(-c3ccccc3)nc(-c3cccc(-n4c5ccccc5c5c(-c6ccc7c(c6)c6ccccc6n7-c6nc(-c7ccccc7)nc(-c7ccccc7)n6)cccc54)c3)n2)cc1. The van der Waals surface area contributed by atoms with Gasteiger partial charge in [0, 0.05) is 55.0 Å². The Kier molecular flexibility index (Phi) is 9.31. The Hall–Kier alpha value is -9.40. The molecule has 68 heavy (non-hydrogen) atoms. The predicted molar refractivity (Wildman–Crippen MR) is 275 cm³/mol. The molecule has 13 aromatic rings. The molecule has 0 saturated carbocycles. The van der Waals surface area contributed by atoms with Crippen molar-refractivity contribution in [3.63, 3.8) is 0 Å². The van der Waals surface area contributed by atoms with Gasteiger partial charge in [-0.3, -0.25) is 4.57 Å². The van der Waals surface area contributed by atoms with Gasteiger partial charge in [0.15, 0.2) is 29.1 Å². The normalized spacial score (nSPS) is 11.5. The highest BCUT2D eigenvalue weighted by Gasteiger charge is 2.21. The van der Waals surface area contributed by atoms with E-state index in [0.717, 1.165) is 82.9 Å².